The van der Waals surface area contributed by atoms with Crippen LogP contribution in [0, 0.1) is 5.92 Å². The van der Waals surface area contributed by atoms with Gasteiger partial charge in [0.05, 0.1) is 27.6 Å². The van der Waals surface area contributed by atoms with E-state index >= 15 is 0 Å². The molecule has 27 heavy (non-hydrogen) atoms. The van der Waals surface area contributed by atoms with E-state index in [1.165, 1.54) is 51.4 Å². The normalized spacial score (nSPS) is 14.0. The molecule has 2 unspecified atom stereocenters. The minimum Gasteiger partial charge on any atom is -0.481 e. The van der Waals surface area contributed by atoms with E-state index in [1.807, 2.05) is 21.1 Å². The van der Waals surface area contributed by atoms with Crippen LogP contribution in [-0.2, 0) is 14.3 Å². The molecular weight excluding hydrogens is 342 g/mol. The molecule has 160 valence electrons. The van der Waals surface area contributed by atoms with Gasteiger partial charge in [0.2, 0.25) is 0 Å². The summed E-state index contributed by atoms with van der Waals surface area (Å²) in [7, 11) is 5.90. The Morgan fingerprint density at radius 3 is 2.04 bits per heavy atom. The van der Waals surface area contributed by atoms with Crippen LogP contribution in [0.1, 0.15) is 90.9 Å². The van der Waals surface area contributed by atoms with Crippen LogP contribution in [0.4, 0.5) is 0 Å². The Hall–Kier alpha value is -1.10. The molecule has 0 aromatic heterocycles. The summed E-state index contributed by atoms with van der Waals surface area (Å²) in [5.41, 5.74) is 0. The highest BCUT2D eigenvalue weighted by molar-refractivity contribution is 5.71. The van der Waals surface area contributed by atoms with Crippen LogP contribution < -0.4 is 0 Å². The first-order valence-corrected chi connectivity index (χ1v) is 10.9. The second-order valence-corrected chi connectivity index (χ2v) is 9.09. The van der Waals surface area contributed by atoms with Crippen LogP contribution in [0.5, 0.6) is 0 Å². The van der Waals surface area contributed by atoms with Gasteiger partial charge in [0.1, 0.15) is 6.54 Å². The quantitative estimate of drug-likeness (QED) is 0.216. The Labute approximate surface area is 167 Å². The Balaban J connectivity index is 3.90. The van der Waals surface area contributed by atoms with Crippen LogP contribution in [0.2, 0.25) is 0 Å². The molecule has 0 spiro atoms. The van der Waals surface area contributed by atoms with E-state index in [0.717, 1.165) is 12.8 Å². The number of carboxylic acids is 1. The Kier molecular flexibility index (Phi) is 14.3. The molecule has 5 nitrogen and oxygen atoms in total. The van der Waals surface area contributed by atoms with Gasteiger partial charge in [0.25, 0.3) is 0 Å². The van der Waals surface area contributed by atoms with Gasteiger partial charge in [-0.1, -0.05) is 71.6 Å². The maximum absolute atomic E-state index is 12.1. The fraction of sp³-hybridized carbons (Fsp3) is 0.909. The van der Waals surface area contributed by atoms with Gasteiger partial charge < -0.3 is 14.3 Å². The molecule has 1 N–H and O–H groups in total. The molecule has 0 aliphatic carbocycles. The van der Waals surface area contributed by atoms with Gasteiger partial charge in [-0.05, 0) is 12.3 Å². The van der Waals surface area contributed by atoms with E-state index in [4.69, 9.17) is 9.84 Å². The summed E-state index contributed by atoms with van der Waals surface area (Å²) in [4.78, 5) is 23.0. The van der Waals surface area contributed by atoms with E-state index in [1.54, 1.807) is 0 Å². The third-order valence-electron chi connectivity index (χ3n) is 4.83. The fourth-order valence-corrected chi connectivity index (χ4v) is 3.38. The standard InChI is InChI=1S/C22H43NO4/c1-6-7-8-9-10-11-12-14-19(2)15-13-16-22(26)27-20(17-21(24)25)18-23(3,4)5/h19-20H,6-18H2,1-5H3/p+1. The first-order valence-electron chi connectivity index (χ1n) is 10.9. The minimum absolute atomic E-state index is 0.129. The van der Waals surface area contributed by atoms with Crippen LogP contribution in [0.15, 0.2) is 0 Å². The van der Waals surface area contributed by atoms with Crippen molar-refractivity contribution < 1.29 is 23.9 Å². The van der Waals surface area contributed by atoms with Gasteiger partial charge in [-0.3, -0.25) is 9.59 Å². The van der Waals surface area contributed by atoms with Crippen LogP contribution in [-0.4, -0.2) is 55.3 Å². The second-order valence-electron chi connectivity index (χ2n) is 9.09. The number of carbonyl (C=O) groups excluding carboxylic acids is 1. The summed E-state index contributed by atoms with van der Waals surface area (Å²) in [6.07, 6.45) is 12.1. The van der Waals surface area contributed by atoms with Crippen LogP contribution in [0.25, 0.3) is 0 Å². The van der Waals surface area contributed by atoms with Crippen molar-refractivity contribution in [1.82, 2.24) is 0 Å². The number of aliphatic carboxylic acids is 1. The number of hydrogen-bond acceptors (Lipinski definition) is 3. The SMILES string of the molecule is CCCCCCCCCC(C)CCCC(=O)OC(CC(=O)O)C[N+](C)(C)C. The molecule has 0 rings (SSSR count). The molecule has 0 saturated carbocycles. The number of esters is 1. The molecule has 2 atom stereocenters. The number of unbranched alkanes of at least 4 members (excludes halogenated alkanes) is 6. The summed E-state index contributed by atoms with van der Waals surface area (Å²) < 4.78 is 6.00. The largest absolute Gasteiger partial charge is 0.481 e. The topological polar surface area (TPSA) is 63.6 Å². The zero-order valence-electron chi connectivity index (χ0n) is 18.5. The number of likely N-dealkylation sites (N-methyl/N-ethyl adjacent to an activating group) is 1. The lowest BCUT2D eigenvalue weighted by Crippen LogP contribution is -2.43. The van der Waals surface area contributed by atoms with Crippen molar-refractivity contribution in [3.8, 4) is 0 Å². The zero-order valence-corrected chi connectivity index (χ0v) is 18.5. The number of carboxylic acid groups (broad SMARTS) is 1. The van der Waals surface area contributed by atoms with Crippen molar-refractivity contribution in [1.29, 1.82) is 0 Å². The predicted molar refractivity (Wildman–Crippen MR) is 111 cm³/mol. The summed E-state index contributed by atoms with van der Waals surface area (Å²) in [6, 6.07) is 0. The average Bonchev–Trinajstić information content (AvgIpc) is 2.51. The van der Waals surface area contributed by atoms with Crippen molar-refractivity contribution >= 4 is 11.9 Å². The third kappa shape index (κ3) is 18.0. The molecule has 0 radical (unpaired) electrons. The highest BCUT2D eigenvalue weighted by Gasteiger charge is 2.24. The summed E-state index contributed by atoms with van der Waals surface area (Å²) in [6.45, 7) is 5.01. The van der Waals surface area contributed by atoms with Gasteiger partial charge in [0.15, 0.2) is 6.10 Å². The molecule has 0 fully saturated rings. The Morgan fingerprint density at radius 1 is 0.926 bits per heavy atom. The lowest BCUT2D eigenvalue weighted by Gasteiger charge is -2.28. The molecule has 0 aliphatic heterocycles. The number of rotatable bonds is 17. The fourth-order valence-electron chi connectivity index (χ4n) is 3.38. The molecule has 0 aromatic rings. The first kappa shape index (κ1) is 25.9. The van der Waals surface area contributed by atoms with E-state index < -0.39 is 12.1 Å². The smallest absolute Gasteiger partial charge is 0.307 e. The van der Waals surface area contributed by atoms with E-state index in [-0.39, 0.29) is 12.4 Å². The van der Waals surface area contributed by atoms with Crippen LogP contribution >= 0.6 is 0 Å². The molecule has 0 aliphatic rings. The molecule has 0 amide bonds. The molecular formula is C22H44NO4+. The van der Waals surface area contributed by atoms with E-state index in [9.17, 15) is 9.59 Å². The van der Waals surface area contributed by atoms with Crippen molar-refractivity contribution in [3.05, 3.63) is 0 Å². The second kappa shape index (κ2) is 14.9. The molecule has 0 aromatic carbocycles. The Morgan fingerprint density at radius 2 is 1.48 bits per heavy atom. The number of ether oxygens (including phenoxy) is 1. The lowest BCUT2D eigenvalue weighted by atomic mass is 9.96. The molecule has 0 saturated heterocycles. The number of quaternary nitrogens is 1. The van der Waals surface area contributed by atoms with Crippen molar-refractivity contribution in [3.63, 3.8) is 0 Å². The van der Waals surface area contributed by atoms with Crippen molar-refractivity contribution in [2.24, 2.45) is 5.92 Å². The molecule has 0 bridgehead atoms. The van der Waals surface area contributed by atoms with E-state index in [2.05, 4.69) is 13.8 Å². The number of nitrogens with zero attached hydrogens (tertiary/aromatic N) is 1. The number of carbonyl (C=O) groups is 2. The zero-order chi connectivity index (χ0) is 20.7. The van der Waals surface area contributed by atoms with Gasteiger partial charge in [-0.15, -0.1) is 0 Å². The Bertz CT molecular complexity index is 404. The van der Waals surface area contributed by atoms with Gasteiger partial charge >= 0.3 is 11.9 Å². The molecule has 5 heteroatoms. The third-order valence-corrected chi connectivity index (χ3v) is 4.83. The van der Waals surface area contributed by atoms with E-state index in [0.29, 0.717) is 23.4 Å². The predicted octanol–water partition coefficient (Wildman–Crippen LogP) is 5.03. The first-order chi connectivity index (χ1) is 12.6. The summed E-state index contributed by atoms with van der Waals surface area (Å²) in [5.74, 6) is -0.558. The lowest BCUT2D eigenvalue weighted by molar-refractivity contribution is -0.873. The maximum atomic E-state index is 12.1. The highest BCUT2D eigenvalue weighted by atomic mass is 16.5. The van der Waals surface area contributed by atoms with Crippen molar-refractivity contribution in [2.45, 2.75) is 97.0 Å². The molecule has 0 heterocycles. The maximum Gasteiger partial charge on any atom is 0.307 e. The number of hydrogen-bond donors (Lipinski definition) is 1. The summed E-state index contributed by atoms with van der Waals surface area (Å²) >= 11 is 0. The van der Waals surface area contributed by atoms with Gasteiger partial charge in [-0.2, -0.15) is 0 Å². The highest BCUT2D eigenvalue weighted by Crippen LogP contribution is 2.18. The van der Waals surface area contributed by atoms with Crippen molar-refractivity contribution in [2.75, 3.05) is 27.7 Å². The minimum atomic E-state index is -0.926. The van der Waals surface area contributed by atoms with Crippen LogP contribution in [0.3, 0.4) is 0 Å². The van der Waals surface area contributed by atoms with Gasteiger partial charge in [0, 0.05) is 6.42 Å². The average molecular weight is 387 g/mol. The monoisotopic (exact) mass is 386 g/mol. The van der Waals surface area contributed by atoms with Gasteiger partial charge in [-0.25, -0.2) is 0 Å². The summed E-state index contributed by atoms with van der Waals surface area (Å²) in [5, 5.41) is 9.01.